The van der Waals surface area contributed by atoms with Gasteiger partial charge < -0.3 is 9.84 Å². The van der Waals surface area contributed by atoms with Crippen LogP contribution >= 0.6 is 0 Å². The maximum Gasteiger partial charge on any atom is 0.416 e. The Kier molecular flexibility index (Phi) is 5.66. The number of alkyl halides is 3. The number of ether oxygens (including phenoxy) is 1. The molecule has 1 N–H and O–H groups in total. The molecule has 1 rings (SSSR count). The van der Waals surface area contributed by atoms with Crippen molar-refractivity contribution in [1.82, 2.24) is 0 Å². The van der Waals surface area contributed by atoms with Crippen molar-refractivity contribution in [3.05, 3.63) is 29.8 Å². The predicted octanol–water partition coefficient (Wildman–Crippen LogP) is 3.74. The van der Waals surface area contributed by atoms with Crippen LogP contribution in [-0.4, -0.2) is 18.3 Å². The van der Waals surface area contributed by atoms with Crippen LogP contribution in [0.4, 0.5) is 13.2 Å². The van der Waals surface area contributed by atoms with Crippen LogP contribution in [0.15, 0.2) is 24.3 Å². The highest BCUT2D eigenvalue weighted by Gasteiger charge is 2.30. The van der Waals surface area contributed by atoms with Crippen molar-refractivity contribution in [1.29, 1.82) is 0 Å². The third-order valence-corrected chi connectivity index (χ3v) is 2.71. The molecule has 5 heteroatoms. The second-order valence-electron chi connectivity index (χ2n) is 5.01. The minimum absolute atomic E-state index is 0.0306. The van der Waals surface area contributed by atoms with E-state index in [0.29, 0.717) is 5.92 Å². The highest BCUT2D eigenvalue weighted by molar-refractivity contribution is 5.30. The molecule has 0 bridgehead atoms. The van der Waals surface area contributed by atoms with Gasteiger partial charge in [-0.25, -0.2) is 0 Å². The molecule has 0 fully saturated rings. The molecular weight excluding hydrogens is 257 g/mol. The fourth-order valence-corrected chi connectivity index (χ4v) is 1.84. The fraction of sp³-hybridized carbons (Fsp3) is 0.571. The Balaban J connectivity index is 2.62. The summed E-state index contributed by atoms with van der Waals surface area (Å²) in [6.45, 7) is 4.23. The van der Waals surface area contributed by atoms with Crippen molar-refractivity contribution in [2.45, 2.75) is 26.4 Å². The van der Waals surface area contributed by atoms with E-state index in [9.17, 15) is 18.3 Å². The topological polar surface area (TPSA) is 29.5 Å². The van der Waals surface area contributed by atoms with Crippen molar-refractivity contribution in [2.75, 3.05) is 13.2 Å². The molecule has 0 aliphatic carbocycles. The minimum atomic E-state index is -4.37. The summed E-state index contributed by atoms with van der Waals surface area (Å²) in [7, 11) is 0. The van der Waals surface area contributed by atoms with Gasteiger partial charge in [-0.3, -0.25) is 0 Å². The molecule has 19 heavy (non-hydrogen) atoms. The molecule has 2 nitrogen and oxygen atoms in total. The van der Waals surface area contributed by atoms with E-state index < -0.39 is 11.7 Å². The van der Waals surface area contributed by atoms with E-state index in [4.69, 9.17) is 4.74 Å². The second-order valence-corrected chi connectivity index (χ2v) is 5.01. The van der Waals surface area contributed by atoms with Gasteiger partial charge in [0.1, 0.15) is 5.75 Å². The quantitative estimate of drug-likeness (QED) is 0.857. The van der Waals surface area contributed by atoms with E-state index in [1.165, 1.54) is 12.1 Å². The summed E-state index contributed by atoms with van der Waals surface area (Å²) in [5.74, 6) is 0.522. The molecule has 1 aromatic carbocycles. The van der Waals surface area contributed by atoms with E-state index in [-0.39, 0.29) is 24.9 Å². The molecule has 0 amide bonds. The van der Waals surface area contributed by atoms with Gasteiger partial charge in [0.05, 0.1) is 12.2 Å². The van der Waals surface area contributed by atoms with Crippen molar-refractivity contribution in [2.24, 2.45) is 11.8 Å². The monoisotopic (exact) mass is 276 g/mol. The third-order valence-electron chi connectivity index (χ3n) is 2.71. The molecular formula is C14H19F3O2. The molecule has 0 aliphatic rings. The summed E-state index contributed by atoms with van der Waals surface area (Å²) in [6, 6.07) is 4.78. The number of halogens is 3. The van der Waals surface area contributed by atoms with Gasteiger partial charge in [0.25, 0.3) is 0 Å². The average Bonchev–Trinajstić information content (AvgIpc) is 2.33. The van der Waals surface area contributed by atoms with Gasteiger partial charge >= 0.3 is 6.18 Å². The third kappa shape index (κ3) is 5.51. The number of aliphatic hydroxyl groups excluding tert-OH is 1. The molecule has 1 aromatic rings. The van der Waals surface area contributed by atoms with Crippen molar-refractivity contribution < 1.29 is 23.0 Å². The summed E-state index contributed by atoms with van der Waals surface area (Å²) in [6.07, 6.45) is -3.59. The Morgan fingerprint density at radius 1 is 1.26 bits per heavy atom. The molecule has 0 heterocycles. The lowest BCUT2D eigenvalue weighted by atomic mass is 9.99. The number of benzene rings is 1. The number of hydrogen-bond acceptors (Lipinski definition) is 2. The first kappa shape index (κ1) is 15.8. The van der Waals surface area contributed by atoms with Crippen LogP contribution in [0.25, 0.3) is 0 Å². The van der Waals surface area contributed by atoms with E-state index in [0.717, 1.165) is 18.6 Å². The van der Waals surface area contributed by atoms with Gasteiger partial charge in [-0.1, -0.05) is 19.9 Å². The summed E-state index contributed by atoms with van der Waals surface area (Å²) in [5.41, 5.74) is -0.727. The van der Waals surface area contributed by atoms with Crippen molar-refractivity contribution in [3.63, 3.8) is 0 Å². The van der Waals surface area contributed by atoms with E-state index in [1.807, 2.05) is 13.8 Å². The number of rotatable bonds is 6. The lowest BCUT2D eigenvalue weighted by Gasteiger charge is -2.17. The predicted molar refractivity (Wildman–Crippen MR) is 67.0 cm³/mol. The Morgan fingerprint density at radius 2 is 1.95 bits per heavy atom. The largest absolute Gasteiger partial charge is 0.493 e. The van der Waals surface area contributed by atoms with Crippen LogP contribution in [0.2, 0.25) is 0 Å². The van der Waals surface area contributed by atoms with Gasteiger partial charge in [-0.2, -0.15) is 13.2 Å². The minimum Gasteiger partial charge on any atom is -0.493 e. The van der Waals surface area contributed by atoms with Crippen LogP contribution in [0.3, 0.4) is 0 Å². The highest BCUT2D eigenvalue weighted by Crippen LogP contribution is 2.31. The first-order chi connectivity index (χ1) is 8.82. The second kappa shape index (κ2) is 6.80. The maximum absolute atomic E-state index is 12.5. The van der Waals surface area contributed by atoms with Crippen molar-refractivity contribution >= 4 is 0 Å². The van der Waals surface area contributed by atoms with E-state index in [2.05, 4.69) is 0 Å². The van der Waals surface area contributed by atoms with Crippen LogP contribution < -0.4 is 4.74 Å². The highest BCUT2D eigenvalue weighted by atomic mass is 19.4. The average molecular weight is 276 g/mol. The summed E-state index contributed by atoms with van der Waals surface area (Å²) < 4.78 is 42.9. The molecule has 0 spiro atoms. The molecule has 0 saturated carbocycles. The zero-order valence-corrected chi connectivity index (χ0v) is 11.1. The van der Waals surface area contributed by atoms with E-state index in [1.54, 1.807) is 0 Å². The Morgan fingerprint density at radius 3 is 2.47 bits per heavy atom. The van der Waals surface area contributed by atoms with Crippen LogP contribution in [0.5, 0.6) is 5.75 Å². The van der Waals surface area contributed by atoms with Crippen molar-refractivity contribution in [3.8, 4) is 5.75 Å². The number of hydrogen-bond donors (Lipinski definition) is 1. The first-order valence-corrected chi connectivity index (χ1v) is 6.24. The van der Waals surface area contributed by atoms with E-state index >= 15 is 0 Å². The van der Waals surface area contributed by atoms with Gasteiger partial charge in [0.15, 0.2) is 0 Å². The van der Waals surface area contributed by atoms with Crippen LogP contribution in [0, 0.1) is 11.8 Å². The molecule has 0 radical (unpaired) electrons. The fourth-order valence-electron chi connectivity index (χ4n) is 1.84. The normalized spacial score (nSPS) is 13.6. The molecule has 108 valence electrons. The molecule has 1 atom stereocenters. The SMILES string of the molecule is CC(C)CC(CO)COc1cccc(C(F)(F)F)c1. The number of aliphatic hydroxyl groups is 1. The zero-order valence-electron chi connectivity index (χ0n) is 11.1. The molecule has 1 unspecified atom stereocenters. The molecule has 0 aromatic heterocycles. The Bertz CT molecular complexity index is 389. The summed E-state index contributed by atoms with van der Waals surface area (Å²) >= 11 is 0. The van der Waals surface area contributed by atoms with Crippen LogP contribution in [-0.2, 0) is 6.18 Å². The summed E-state index contributed by atoms with van der Waals surface area (Å²) in [4.78, 5) is 0. The molecule has 0 saturated heterocycles. The molecule has 0 aliphatic heterocycles. The lowest BCUT2D eigenvalue weighted by Crippen LogP contribution is -2.18. The Hall–Kier alpha value is -1.23. The van der Waals surface area contributed by atoms with Crippen LogP contribution in [0.1, 0.15) is 25.8 Å². The van der Waals surface area contributed by atoms with Gasteiger partial charge in [-0.05, 0) is 30.5 Å². The van der Waals surface area contributed by atoms with Gasteiger partial charge in [0, 0.05) is 12.5 Å². The Labute approximate surface area is 111 Å². The maximum atomic E-state index is 12.5. The standard InChI is InChI=1S/C14H19F3O2/c1-10(2)6-11(8-18)9-19-13-5-3-4-12(7-13)14(15,16)17/h3-5,7,10-11,18H,6,8-9H2,1-2H3. The first-order valence-electron chi connectivity index (χ1n) is 6.24. The van der Waals surface area contributed by atoms with Gasteiger partial charge in [-0.15, -0.1) is 0 Å². The zero-order chi connectivity index (χ0) is 14.5. The lowest BCUT2D eigenvalue weighted by molar-refractivity contribution is -0.137. The summed E-state index contributed by atoms with van der Waals surface area (Å²) in [5, 5.41) is 9.18. The smallest absolute Gasteiger partial charge is 0.416 e. The van der Waals surface area contributed by atoms with Gasteiger partial charge in [0.2, 0.25) is 0 Å².